The van der Waals surface area contributed by atoms with Crippen molar-refractivity contribution in [1.29, 1.82) is 0 Å². The molecule has 1 aromatic heterocycles. The van der Waals surface area contributed by atoms with Gasteiger partial charge in [0.2, 0.25) is 5.91 Å². The first-order valence-corrected chi connectivity index (χ1v) is 9.21. The number of nitrogens with one attached hydrogen (secondary N) is 2. The minimum Gasteiger partial charge on any atom is -0.319 e. The standard InChI is InChI=1S/C18H13Cl2N3O2S/c19-12-7-4-8-13(16(12)20)21-17(25)14-10-26-18(22-14)23-15(24)9-11-5-2-1-3-6-11/h1-8,10H,9H2,(H,21,25)(H,22,23,24). The maximum atomic E-state index is 12.3. The Bertz CT molecular complexity index is 945. The number of hydrogen-bond acceptors (Lipinski definition) is 4. The van der Waals surface area contributed by atoms with Crippen LogP contribution >= 0.6 is 34.5 Å². The van der Waals surface area contributed by atoms with Gasteiger partial charge in [-0.15, -0.1) is 11.3 Å². The zero-order valence-electron chi connectivity index (χ0n) is 13.3. The Labute approximate surface area is 164 Å². The van der Waals surface area contributed by atoms with E-state index in [-0.39, 0.29) is 23.0 Å². The zero-order valence-corrected chi connectivity index (χ0v) is 15.7. The first kappa shape index (κ1) is 18.4. The van der Waals surface area contributed by atoms with E-state index in [0.29, 0.717) is 15.8 Å². The largest absolute Gasteiger partial charge is 0.319 e. The number of amides is 2. The highest BCUT2D eigenvalue weighted by molar-refractivity contribution is 7.14. The van der Waals surface area contributed by atoms with Crippen molar-refractivity contribution in [2.75, 3.05) is 10.6 Å². The highest BCUT2D eigenvalue weighted by atomic mass is 35.5. The van der Waals surface area contributed by atoms with Crippen molar-refractivity contribution in [2.45, 2.75) is 6.42 Å². The molecule has 0 saturated carbocycles. The van der Waals surface area contributed by atoms with Gasteiger partial charge in [-0.3, -0.25) is 9.59 Å². The quantitative estimate of drug-likeness (QED) is 0.634. The second kappa shape index (κ2) is 8.31. The summed E-state index contributed by atoms with van der Waals surface area (Å²) >= 11 is 13.2. The number of carbonyl (C=O) groups is 2. The Kier molecular flexibility index (Phi) is 5.88. The number of hydrogen-bond donors (Lipinski definition) is 2. The lowest BCUT2D eigenvalue weighted by Gasteiger charge is -2.06. The number of thiazole rings is 1. The highest BCUT2D eigenvalue weighted by Gasteiger charge is 2.15. The van der Waals surface area contributed by atoms with E-state index in [0.717, 1.165) is 5.56 Å². The molecule has 0 radical (unpaired) electrons. The molecule has 0 atom stereocenters. The Balaban J connectivity index is 1.63. The average molecular weight is 406 g/mol. The minimum atomic E-state index is -0.436. The molecule has 0 fully saturated rings. The van der Waals surface area contributed by atoms with E-state index in [2.05, 4.69) is 15.6 Å². The van der Waals surface area contributed by atoms with E-state index in [1.54, 1.807) is 23.6 Å². The molecule has 0 aliphatic carbocycles. The van der Waals surface area contributed by atoms with Crippen molar-refractivity contribution < 1.29 is 9.59 Å². The molecule has 1 heterocycles. The predicted molar refractivity (Wildman–Crippen MR) is 105 cm³/mol. The molecular formula is C18H13Cl2N3O2S. The van der Waals surface area contributed by atoms with Gasteiger partial charge in [-0.2, -0.15) is 0 Å². The van der Waals surface area contributed by atoms with Gasteiger partial charge in [0.15, 0.2) is 5.13 Å². The number of halogens is 2. The Morgan fingerprint density at radius 2 is 1.77 bits per heavy atom. The molecular weight excluding hydrogens is 393 g/mol. The summed E-state index contributed by atoms with van der Waals surface area (Å²) in [5.74, 6) is -0.635. The number of anilines is 2. The van der Waals surface area contributed by atoms with Crippen LogP contribution in [0.2, 0.25) is 10.0 Å². The molecule has 5 nitrogen and oxygen atoms in total. The highest BCUT2D eigenvalue weighted by Crippen LogP contribution is 2.30. The monoisotopic (exact) mass is 405 g/mol. The summed E-state index contributed by atoms with van der Waals surface area (Å²) in [5.41, 5.74) is 1.48. The van der Waals surface area contributed by atoms with Crippen LogP contribution in [0.15, 0.2) is 53.9 Å². The fourth-order valence-corrected chi connectivity index (χ4v) is 3.22. The van der Waals surface area contributed by atoms with Crippen molar-refractivity contribution in [3.63, 3.8) is 0 Å². The van der Waals surface area contributed by atoms with Crippen LogP contribution < -0.4 is 10.6 Å². The van der Waals surface area contributed by atoms with Gasteiger partial charge in [0, 0.05) is 5.38 Å². The van der Waals surface area contributed by atoms with Crippen LogP contribution in [0.4, 0.5) is 10.8 Å². The Morgan fingerprint density at radius 3 is 2.54 bits per heavy atom. The van der Waals surface area contributed by atoms with Gasteiger partial charge in [0.1, 0.15) is 5.69 Å². The summed E-state index contributed by atoms with van der Waals surface area (Å²) in [6.07, 6.45) is 0.236. The van der Waals surface area contributed by atoms with Crippen molar-refractivity contribution in [3.05, 3.63) is 75.2 Å². The molecule has 3 aromatic rings. The van der Waals surface area contributed by atoms with E-state index in [4.69, 9.17) is 23.2 Å². The van der Waals surface area contributed by atoms with Gasteiger partial charge in [0.05, 0.1) is 22.2 Å². The van der Waals surface area contributed by atoms with E-state index >= 15 is 0 Å². The number of rotatable bonds is 5. The van der Waals surface area contributed by atoms with Gasteiger partial charge >= 0.3 is 0 Å². The molecule has 0 bridgehead atoms. The molecule has 8 heteroatoms. The molecule has 2 aromatic carbocycles. The fourth-order valence-electron chi connectivity index (χ4n) is 2.17. The normalized spacial score (nSPS) is 10.4. The van der Waals surface area contributed by atoms with Crippen LogP contribution in [0.3, 0.4) is 0 Å². The number of nitrogens with zero attached hydrogens (tertiary/aromatic N) is 1. The topological polar surface area (TPSA) is 71.1 Å². The van der Waals surface area contributed by atoms with Crippen LogP contribution in [0, 0.1) is 0 Å². The number of carbonyl (C=O) groups excluding carboxylic acids is 2. The summed E-state index contributed by atoms with van der Waals surface area (Å²) in [7, 11) is 0. The second-order valence-electron chi connectivity index (χ2n) is 5.30. The molecule has 0 aliphatic heterocycles. The van der Waals surface area contributed by atoms with E-state index < -0.39 is 5.91 Å². The summed E-state index contributed by atoms with van der Waals surface area (Å²) in [6.45, 7) is 0. The summed E-state index contributed by atoms with van der Waals surface area (Å²) in [6, 6.07) is 14.3. The third-order valence-corrected chi connectivity index (χ3v) is 4.97. The summed E-state index contributed by atoms with van der Waals surface area (Å²) in [4.78, 5) is 28.5. The van der Waals surface area contributed by atoms with Gasteiger partial charge < -0.3 is 10.6 Å². The Hall–Kier alpha value is -2.41. The molecule has 2 N–H and O–H groups in total. The number of aromatic nitrogens is 1. The van der Waals surface area contributed by atoms with E-state index in [1.165, 1.54) is 11.3 Å². The lowest BCUT2D eigenvalue weighted by atomic mass is 10.1. The van der Waals surface area contributed by atoms with Crippen molar-refractivity contribution >= 4 is 57.2 Å². The third-order valence-electron chi connectivity index (χ3n) is 3.39. The SMILES string of the molecule is O=C(Cc1ccccc1)Nc1nc(C(=O)Nc2cccc(Cl)c2Cl)cs1. The van der Waals surface area contributed by atoms with Gasteiger partial charge in [-0.1, -0.05) is 59.6 Å². The van der Waals surface area contributed by atoms with Gasteiger partial charge in [-0.25, -0.2) is 4.98 Å². The van der Waals surface area contributed by atoms with Gasteiger partial charge in [0.25, 0.3) is 5.91 Å². The van der Waals surface area contributed by atoms with Crippen molar-refractivity contribution in [1.82, 2.24) is 4.98 Å². The molecule has 0 spiro atoms. The second-order valence-corrected chi connectivity index (χ2v) is 6.95. The first-order valence-electron chi connectivity index (χ1n) is 7.57. The average Bonchev–Trinajstić information content (AvgIpc) is 3.08. The summed E-state index contributed by atoms with van der Waals surface area (Å²) < 4.78 is 0. The number of benzene rings is 2. The van der Waals surface area contributed by atoms with Crippen LogP contribution in [-0.4, -0.2) is 16.8 Å². The molecule has 3 rings (SSSR count). The summed E-state index contributed by atoms with van der Waals surface area (Å²) in [5, 5.41) is 7.86. The fraction of sp³-hybridized carbons (Fsp3) is 0.0556. The van der Waals surface area contributed by atoms with E-state index in [9.17, 15) is 9.59 Å². The maximum Gasteiger partial charge on any atom is 0.275 e. The van der Waals surface area contributed by atoms with Crippen molar-refractivity contribution in [2.24, 2.45) is 0 Å². The molecule has 0 saturated heterocycles. The molecule has 26 heavy (non-hydrogen) atoms. The zero-order chi connectivity index (χ0) is 18.5. The minimum absolute atomic E-state index is 0.182. The molecule has 0 aliphatic rings. The lowest BCUT2D eigenvalue weighted by Crippen LogP contribution is -2.15. The third kappa shape index (κ3) is 4.60. The molecule has 2 amide bonds. The predicted octanol–water partition coefficient (Wildman–Crippen LogP) is 4.88. The molecule has 0 unspecified atom stereocenters. The van der Waals surface area contributed by atoms with Crippen LogP contribution in [0.1, 0.15) is 16.1 Å². The van der Waals surface area contributed by atoms with Gasteiger partial charge in [-0.05, 0) is 17.7 Å². The smallest absolute Gasteiger partial charge is 0.275 e. The van der Waals surface area contributed by atoms with Crippen LogP contribution in [0.5, 0.6) is 0 Å². The maximum absolute atomic E-state index is 12.3. The lowest BCUT2D eigenvalue weighted by molar-refractivity contribution is -0.115. The molecule has 132 valence electrons. The van der Waals surface area contributed by atoms with Crippen molar-refractivity contribution in [3.8, 4) is 0 Å². The van der Waals surface area contributed by atoms with Crippen LogP contribution in [0.25, 0.3) is 0 Å². The van der Waals surface area contributed by atoms with E-state index in [1.807, 2.05) is 30.3 Å². The first-order chi connectivity index (χ1) is 12.5. The van der Waals surface area contributed by atoms with Crippen LogP contribution in [-0.2, 0) is 11.2 Å². The Morgan fingerprint density at radius 1 is 1.00 bits per heavy atom.